The van der Waals surface area contributed by atoms with Crippen molar-refractivity contribution in [1.82, 2.24) is 14.2 Å². The summed E-state index contributed by atoms with van der Waals surface area (Å²) in [6, 6.07) is 6.16. The Balaban J connectivity index is 1.40. The predicted molar refractivity (Wildman–Crippen MR) is 123 cm³/mol. The first-order valence-electron chi connectivity index (χ1n) is 10.9. The molecule has 0 unspecified atom stereocenters. The lowest BCUT2D eigenvalue weighted by Gasteiger charge is -2.32. The van der Waals surface area contributed by atoms with Crippen LogP contribution in [0.15, 0.2) is 40.7 Å². The molecule has 0 saturated carbocycles. The van der Waals surface area contributed by atoms with Crippen molar-refractivity contribution in [3.63, 3.8) is 0 Å². The number of hydrogen-bond acceptors (Lipinski definition) is 6. The average Bonchev–Trinajstić information content (AvgIpc) is 3.32. The highest BCUT2D eigenvalue weighted by molar-refractivity contribution is 7.89. The van der Waals surface area contributed by atoms with E-state index in [0.717, 1.165) is 19.3 Å². The lowest BCUT2D eigenvalue weighted by Crippen LogP contribution is -2.43. The highest BCUT2D eigenvalue weighted by Crippen LogP contribution is 2.25. The standard InChI is InChI=1S/C22H28N4O4S2/c1-16-8-12-26(13-9-16)32(29,30)19-6-4-17(5-7-19)21(28)25-11-2-3-18(15-25)20(27)24-22-23-10-14-31-22/h4-7,10,14,16,18H,2-3,8-9,11-13,15H2,1H3,(H,23,24,27)/t18-/m1/s1. The van der Waals surface area contributed by atoms with Crippen molar-refractivity contribution in [3.8, 4) is 0 Å². The predicted octanol–water partition coefficient (Wildman–Crippen LogP) is 3.05. The summed E-state index contributed by atoms with van der Waals surface area (Å²) in [5.41, 5.74) is 0.428. The highest BCUT2D eigenvalue weighted by atomic mass is 32.2. The number of likely N-dealkylation sites (tertiary alicyclic amines) is 1. The number of sulfonamides is 1. The lowest BCUT2D eigenvalue weighted by atomic mass is 9.96. The summed E-state index contributed by atoms with van der Waals surface area (Å²) < 4.78 is 27.3. The Morgan fingerprint density at radius 2 is 1.81 bits per heavy atom. The second-order valence-electron chi connectivity index (χ2n) is 8.53. The van der Waals surface area contributed by atoms with Gasteiger partial charge >= 0.3 is 0 Å². The molecule has 8 nitrogen and oxygen atoms in total. The fraction of sp³-hybridized carbons (Fsp3) is 0.500. The third-order valence-electron chi connectivity index (χ3n) is 6.22. The minimum Gasteiger partial charge on any atom is -0.338 e. The van der Waals surface area contributed by atoms with Crippen LogP contribution in [0.3, 0.4) is 0 Å². The molecule has 0 spiro atoms. The van der Waals surface area contributed by atoms with Gasteiger partial charge in [0.05, 0.1) is 10.8 Å². The molecule has 2 fully saturated rings. The maximum Gasteiger partial charge on any atom is 0.253 e. The minimum atomic E-state index is -3.55. The van der Waals surface area contributed by atoms with E-state index in [4.69, 9.17) is 0 Å². The smallest absolute Gasteiger partial charge is 0.253 e. The molecule has 4 rings (SSSR count). The van der Waals surface area contributed by atoms with E-state index in [2.05, 4.69) is 17.2 Å². The molecule has 32 heavy (non-hydrogen) atoms. The zero-order chi connectivity index (χ0) is 22.7. The summed E-state index contributed by atoms with van der Waals surface area (Å²) in [5, 5.41) is 5.16. The van der Waals surface area contributed by atoms with Crippen LogP contribution >= 0.6 is 11.3 Å². The van der Waals surface area contributed by atoms with E-state index >= 15 is 0 Å². The minimum absolute atomic E-state index is 0.130. The number of nitrogens with one attached hydrogen (secondary N) is 1. The zero-order valence-corrected chi connectivity index (χ0v) is 19.7. The van der Waals surface area contributed by atoms with Crippen molar-refractivity contribution in [2.45, 2.75) is 37.5 Å². The van der Waals surface area contributed by atoms with E-state index < -0.39 is 10.0 Å². The molecular formula is C22H28N4O4S2. The maximum absolute atomic E-state index is 13.0. The molecule has 3 heterocycles. The number of rotatable bonds is 5. The van der Waals surface area contributed by atoms with Gasteiger partial charge in [-0.05, 0) is 55.9 Å². The fourth-order valence-corrected chi connectivity index (χ4v) is 6.20. The summed E-state index contributed by atoms with van der Waals surface area (Å²) in [6.45, 7) is 4.11. The molecule has 1 atom stereocenters. The average molecular weight is 477 g/mol. The normalized spacial score (nSPS) is 20.8. The number of nitrogens with zero attached hydrogens (tertiary/aromatic N) is 3. The van der Waals surface area contributed by atoms with Crippen molar-refractivity contribution in [2.24, 2.45) is 11.8 Å². The van der Waals surface area contributed by atoms with E-state index in [0.29, 0.717) is 49.2 Å². The number of anilines is 1. The van der Waals surface area contributed by atoms with E-state index in [-0.39, 0.29) is 22.6 Å². The number of thiazole rings is 1. The molecule has 0 aliphatic carbocycles. The number of hydrogen-bond donors (Lipinski definition) is 1. The molecule has 10 heteroatoms. The van der Waals surface area contributed by atoms with Crippen molar-refractivity contribution in [2.75, 3.05) is 31.5 Å². The van der Waals surface area contributed by atoms with Gasteiger partial charge in [-0.25, -0.2) is 13.4 Å². The van der Waals surface area contributed by atoms with Crippen LogP contribution in [0.2, 0.25) is 0 Å². The number of carbonyl (C=O) groups excluding carboxylic acids is 2. The summed E-state index contributed by atoms with van der Waals surface area (Å²) in [4.78, 5) is 31.5. The van der Waals surface area contributed by atoms with Gasteiger partial charge in [0, 0.05) is 43.3 Å². The molecule has 1 aromatic carbocycles. The van der Waals surface area contributed by atoms with Crippen molar-refractivity contribution in [1.29, 1.82) is 0 Å². The van der Waals surface area contributed by atoms with Crippen molar-refractivity contribution < 1.29 is 18.0 Å². The van der Waals surface area contributed by atoms with Crippen molar-refractivity contribution in [3.05, 3.63) is 41.4 Å². The summed E-state index contributed by atoms with van der Waals surface area (Å²) in [6.07, 6.45) is 4.81. The van der Waals surface area contributed by atoms with E-state index in [1.807, 2.05) is 0 Å². The molecule has 2 amide bonds. The topological polar surface area (TPSA) is 99.7 Å². The van der Waals surface area contributed by atoms with Crippen LogP contribution in [0, 0.1) is 11.8 Å². The number of amides is 2. The first kappa shape index (κ1) is 22.9. The van der Waals surface area contributed by atoms with Crippen LogP contribution in [0.1, 0.15) is 43.0 Å². The van der Waals surface area contributed by atoms with Crippen LogP contribution in [0.5, 0.6) is 0 Å². The molecule has 172 valence electrons. The first-order valence-corrected chi connectivity index (χ1v) is 13.3. The number of aromatic nitrogens is 1. The Morgan fingerprint density at radius 3 is 2.47 bits per heavy atom. The highest BCUT2D eigenvalue weighted by Gasteiger charge is 2.31. The number of benzene rings is 1. The van der Waals surface area contributed by atoms with Gasteiger partial charge in [0.2, 0.25) is 15.9 Å². The Hall–Kier alpha value is -2.30. The zero-order valence-electron chi connectivity index (χ0n) is 18.1. The molecule has 2 aliphatic rings. The summed E-state index contributed by atoms with van der Waals surface area (Å²) >= 11 is 1.36. The van der Waals surface area contributed by atoms with Gasteiger partial charge in [-0.15, -0.1) is 11.3 Å². The van der Waals surface area contributed by atoms with Crippen molar-refractivity contribution >= 4 is 38.3 Å². The van der Waals surface area contributed by atoms with E-state index in [9.17, 15) is 18.0 Å². The molecule has 0 radical (unpaired) electrons. The van der Waals surface area contributed by atoms with Gasteiger partial charge in [-0.1, -0.05) is 6.92 Å². The third kappa shape index (κ3) is 5.02. The first-order chi connectivity index (χ1) is 15.3. The summed E-state index contributed by atoms with van der Waals surface area (Å²) in [5.74, 6) is -0.0709. The largest absolute Gasteiger partial charge is 0.338 e. The van der Waals surface area contributed by atoms with Crippen LogP contribution in [0.4, 0.5) is 5.13 Å². The second-order valence-corrected chi connectivity index (χ2v) is 11.4. The number of carbonyl (C=O) groups is 2. The van der Waals surface area contributed by atoms with Gasteiger partial charge in [0.25, 0.3) is 5.91 Å². The Labute approximate surface area is 192 Å². The SMILES string of the molecule is CC1CCN(S(=O)(=O)c2ccc(C(=O)N3CCC[C@@H](C(=O)Nc4nccs4)C3)cc2)CC1. The van der Waals surface area contributed by atoms with Crippen LogP contribution < -0.4 is 5.32 Å². The molecule has 1 aromatic heterocycles. The Bertz CT molecular complexity index is 1050. The van der Waals surface area contributed by atoms with Gasteiger partial charge in [-0.3, -0.25) is 9.59 Å². The molecule has 2 saturated heterocycles. The molecule has 2 aliphatic heterocycles. The molecule has 0 bridgehead atoms. The molecule has 2 aromatic rings. The monoisotopic (exact) mass is 476 g/mol. The van der Waals surface area contributed by atoms with Gasteiger partial charge in [0.15, 0.2) is 5.13 Å². The van der Waals surface area contributed by atoms with Crippen LogP contribution in [0.25, 0.3) is 0 Å². The molecular weight excluding hydrogens is 448 g/mol. The lowest BCUT2D eigenvalue weighted by molar-refractivity contribution is -0.121. The fourth-order valence-electron chi connectivity index (χ4n) is 4.19. The van der Waals surface area contributed by atoms with E-state index in [1.54, 1.807) is 28.6 Å². The third-order valence-corrected chi connectivity index (χ3v) is 8.82. The van der Waals surface area contributed by atoms with Crippen LogP contribution in [-0.2, 0) is 14.8 Å². The van der Waals surface area contributed by atoms with Gasteiger partial charge in [0.1, 0.15) is 0 Å². The van der Waals surface area contributed by atoms with Crippen LogP contribution in [-0.4, -0.2) is 60.6 Å². The Morgan fingerprint density at radius 1 is 1.09 bits per heavy atom. The number of piperidine rings is 2. The second kappa shape index (κ2) is 9.68. The van der Waals surface area contributed by atoms with E-state index in [1.165, 1.54) is 27.8 Å². The quantitative estimate of drug-likeness (QED) is 0.715. The summed E-state index contributed by atoms with van der Waals surface area (Å²) in [7, 11) is -3.55. The van der Waals surface area contributed by atoms with Gasteiger partial charge < -0.3 is 10.2 Å². The van der Waals surface area contributed by atoms with Gasteiger partial charge in [-0.2, -0.15) is 4.31 Å². The maximum atomic E-state index is 13.0. The Kier molecular flexibility index (Phi) is 6.92. The molecule has 1 N–H and O–H groups in total.